The van der Waals surface area contributed by atoms with Gasteiger partial charge in [-0.05, 0) is 37.0 Å². The van der Waals surface area contributed by atoms with Gasteiger partial charge in [-0.1, -0.05) is 19.9 Å². The zero-order valence-electron chi connectivity index (χ0n) is 11.7. The molecule has 0 spiro atoms. The van der Waals surface area contributed by atoms with Crippen LogP contribution in [0.5, 0.6) is 0 Å². The lowest BCUT2D eigenvalue weighted by Gasteiger charge is -2.16. The number of anilines is 1. The Labute approximate surface area is 112 Å². The molecule has 19 heavy (non-hydrogen) atoms. The molecule has 0 aliphatic heterocycles. The first-order valence-electron chi connectivity index (χ1n) is 6.29. The van der Waals surface area contributed by atoms with Crippen LogP contribution in [0.2, 0.25) is 0 Å². The van der Waals surface area contributed by atoms with E-state index in [1.807, 2.05) is 33.8 Å². The molecule has 2 rings (SSSR count). The molecule has 100 valence electrons. The van der Waals surface area contributed by atoms with E-state index in [0.29, 0.717) is 17.1 Å². The van der Waals surface area contributed by atoms with Crippen molar-refractivity contribution in [2.24, 2.45) is 0 Å². The highest BCUT2D eigenvalue weighted by Crippen LogP contribution is 2.34. The summed E-state index contributed by atoms with van der Waals surface area (Å²) in [5.74, 6) is 0.285. The average molecular weight is 259 g/mol. The molecule has 0 aliphatic carbocycles. The molecule has 2 N–H and O–H groups in total. The largest absolute Gasteiger partial charge is 0.383 e. The lowest BCUT2D eigenvalue weighted by molar-refractivity contribution is 0.627. The van der Waals surface area contributed by atoms with Crippen molar-refractivity contribution in [1.82, 2.24) is 9.97 Å². The first kappa shape index (κ1) is 13.5. The summed E-state index contributed by atoms with van der Waals surface area (Å²) in [5, 5.41) is 0. The van der Waals surface area contributed by atoms with Crippen LogP contribution in [-0.4, -0.2) is 9.97 Å². The number of benzene rings is 1. The van der Waals surface area contributed by atoms with E-state index in [9.17, 15) is 4.39 Å². The summed E-state index contributed by atoms with van der Waals surface area (Å²) in [5.41, 5.74) is 9.58. The maximum atomic E-state index is 14.3. The molecule has 0 saturated heterocycles. The number of aromatic nitrogens is 2. The zero-order chi connectivity index (χ0) is 14.2. The Kier molecular flexibility index (Phi) is 3.51. The summed E-state index contributed by atoms with van der Waals surface area (Å²) >= 11 is 0. The minimum atomic E-state index is -0.266. The Bertz CT molecular complexity index is 598. The lowest BCUT2D eigenvalue weighted by Crippen LogP contribution is -2.06. The van der Waals surface area contributed by atoms with Crippen molar-refractivity contribution < 1.29 is 4.39 Å². The van der Waals surface area contributed by atoms with Gasteiger partial charge in [0.15, 0.2) is 0 Å². The van der Waals surface area contributed by atoms with Crippen molar-refractivity contribution in [3.05, 3.63) is 41.0 Å². The molecule has 1 aromatic carbocycles. The number of aryl methyl sites for hydroxylation is 2. The Morgan fingerprint density at radius 2 is 1.84 bits per heavy atom. The standard InChI is InChI=1S/C15H18FN3/c1-8(2)12-14(18-7-19-15(12)17)13-10(4)5-9(3)6-11(13)16/h5-8H,1-4H3,(H2,17,18,19). The summed E-state index contributed by atoms with van der Waals surface area (Å²) in [7, 11) is 0. The maximum Gasteiger partial charge on any atom is 0.133 e. The van der Waals surface area contributed by atoms with Crippen LogP contribution in [0.3, 0.4) is 0 Å². The van der Waals surface area contributed by atoms with Crippen molar-refractivity contribution in [3.8, 4) is 11.3 Å². The Morgan fingerprint density at radius 1 is 1.16 bits per heavy atom. The topological polar surface area (TPSA) is 51.8 Å². The number of nitrogens with two attached hydrogens (primary N) is 1. The van der Waals surface area contributed by atoms with Crippen molar-refractivity contribution in [3.63, 3.8) is 0 Å². The molecule has 0 aliphatic rings. The number of hydrogen-bond acceptors (Lipinski definition) is 3. The van der Waals surface area contributed by atoms with Crippen molar-refractivity contribution in [2.75, 3.05) is 5.73 Å². The second-order valence-corrected chi connectivity index (χ2v) is 5.11. The second-order valence-electron chi connectivity index (χ2n) is 5.11. The zero-order valence-corrected chi connectivity index (χ0v) is 11.7. The van der Waals surface area contributed by atoms with E-state index in [-0.39, 0.29) is 11.7 Å². The highest BCUT2D eigenvalue weighted by Gasteiger charge is 2.19. The van der Waals surface area contributed by atoms with Gasteiger partial charge in [0.2, 0.25) is 0 Å². The monoisotopic (exact) mass is 259 g/mol. The quantitative estimate of drug-likeness (QED) is 0.896. The van der Waals surface area contributed by atoms with Gasteiger partial charge >= 0.3 is 0 Å². The fourth-order valence-electron chi connectivity index (χ4n) is 2.39. The normalized spacial score (nSPS) is 11.1. The van der Waals surface area contributed by atoms with Crippen LogP contribution in [0.25, 0.3) is 11.3 Å². The third-order valence-electron chi connectivity index (χ3n) is 3.16. The Balaban J connectivity index is 2.76. The highest BCUT2D eigenvalue weighted by molar-refractivity contribution is 5.71. The number of nitrogen functional groups attached to an aromatic ring is 1. The van der Waals surface area contributed by atoms with Crippen LogP contribution in [0.4, 0.5) is 10.2 Å². The number of nitrogens with zero attached hydrogens (tertiary/aromatic N) is 2. The fourth-order valence-corrected chi connectivity index (χ4v) is 2.39. The molecule has 1 heterocycles. The molecule has 4 heteroatoms. The SMILES string of the molecule is Cc1cc(C)c(-c2ncnc(N)c2C(C)C)c(F)c1. The van der Waals surface area contributed by atoms with Gasteiger partial charge in [0, 0.05) is 11.1 Å². The lowest BCUT2D eigenvalue weighted by atomic mass is 9.94. The summed E-state index contributed by atoms with van der Waals surface area (Å²) < 4.78 is 14.3. The van der Waals surface area contributed by atoms with Gasteiger partial charge in [0.25, 0.3) is 0 Å². The molecule has 0 radical (unpaired) electrons. The van der Waals surface area contributed by atoms with E-state index in [2.05, 4.69) is 9.97 Å². The van der Waals surface area contributed by atoms with Crippen LogP contribution >= 0.6 is 0 Å². The first-order chi connectivity index (χ1) is 8.91. The number of hydrogen-bond donors (Lipinski definition) is 1. The van der Waals surface area contributed by atoms with E-state index in [4.69, 9.17) is 5.73 Å². The molecule has 0 bridgehead atoms. The van der Waals surface area contributed by atoms with E-state index in [1.54, 1.807) is 0 Å². The summed E-state index contributed by atoms with van der Waals surface area (Å²) in [6.45, 7) is 7.76. The average Bonchev–Trinajstić information content (AvgIpc) is 2.26. The van der Waals surface area contributed by atoms with Crippen LogP contribution in [0.15, 0.2) is 18.5 Å². The highest BCUT2D eigenvalue weighted by atomic mass is 19.1. The molecule has 0 fully saturated rings. The molecule has 3 nitrogen and oxygen atoms in total. The van der Waals surface area contributed by atoms with Crippen molar-refractivity contribution >= 4 is 5.82 Å². The van der Waals surface area contributed by atoms with Crippen LogP contribution in [-0.2, 0) is 0 Å². The summed E-state index contributed by atoms with van der Waals surface area (Å²) in [4.78, 5) is 8.26. The molecule has 2 aromatic rings. The van der Waals surface area contributed by atoms with Crippen molar-refractivity contribution in [2.45, 2.75) is 33.6 Å². The van der Waals surface area contributed by atoms with Crippen molar-refractivity contribution in [1.29, 1.82) is 0 Å². The molecular weight excluding hydrogens is 241 g/mol. The van der Waals surface area contributed by atoms with Crippen LogP contribution in [0.1, 0.15) is 36.5 Å². The van der Waals surface area contributed by atoms with Gasteiger partial charge in [-0.15, -0.1) is 0 Å². The van der Waals surface area contributed by atoms with Gasteiger partial charge in [-0.25, -0.2) is 14.4 Å². The molecular formula is C15H18FN3. The third kappa shape index (κ3) is 2.43. The molecule has 0 saturated carbocycles. The molecule has 0 unspecified atom stereocenters. The minimum Gasteiger partial charge on any atom is -0.383 e. The van der Waals surface area contributed by atoms with E-state index in [1.165, 1.54) is 12.4 Å². The van der Waals surface area contributed by atoms with E-state index < -0.39 is 0 Å². The molecule has 0 amide bonds. The van der Waals surface area contributed by atoms with Gasteiger partial charge < -0.3 is 5.73 Å². The van der Waals surface area contributed by atoms with Crippen LogP contribution < -0.4 is 5.73 Å². The third-order valence-corrected chi connectivity index (χ3v) is 3.16. The summed E-state index contributed by atoms with van der Waals surface area (Å²) in [6.07, 6.45) is 1.38. The second kappa shape index (κ2) is 4.96. The van der Waals surface area contributed by atoms with Gasteiger partial charge in [-0.3, -0.25) is 0 Å². The smallest absolute Gasteiger partial charge is 0.133 e. The Morgan fingerprint density at radius 3 is 2.42 bits per heavy atom. The Hall–Kier alpha value is -1.97. The van der Waals surface area contributed by atoms with Gasteiger partial charge in [-0.2, -0.15) is 0 Å². The molecule has 0 atom stereocenters. The number of rotatable bonds is 2. The first-order valence-corrected chi connectivity index (χ1v) is 6.29. The fraction of sp³-hybridized carbons (Fsp3) is 0.333. The number of halogens is 1. The van der Waals surface area contributed by atoms with Gasteiger partial charge in [0.1, 0.15) is 18.0 Å². The minimum absolute atomic E-state index is 0.135. The summed E-state index contributed by atoms with van der Waals surface area (Å²) in [6, 6.07) is 3.46. The van der Waals surface area contributed by atoms with E-state index >= 15 is 0 Å². The van der Waals surface area contributed by atoms with E-state index in [0.717, 1.165) is 16.7 Å². The van der Waals surface area contributed by atoms with Gasteiger partial charge in [0.05, 0.1) is 5.69 Å². The predicted molar refractivity (Wildman–Crippen MR) is 75.4 cm³/mol. The predicted octanol–water partition coefficient (Wildman–Crippen LogP) is 3.61. The van der Waals surface area contributed by atoms with Crippen LogP contribution in [0, 0.1) is 19.7 Å². The maximum absolute atomic E-state index is 14.3. The molecule has 1 aromatic heterocycles.